The SMILES string of the molecule is COC1CCCC1NCC1CC2CCCCC2N1. The van der Waals surface area contributed by atoms with Gasteiger partial charge >= 0.3 is 0 Å². The number of fused-ring (bicyclic) bond motifs is 1. The normalized spacial score (nSPS) is 44.2. The zero-order valence-electron chi connectivity index (χ0n) is 11.7. The van der Waals surface area contributed by atoms with E-state index in [4.69, 9.17) is 4.74 Å². The molecule has 1 saturated heterocycles. The standard InChI is InChI=1S/C15H28N2O/c1-18-15-8-4-7-14(15)16-10-12-9-11-5-2-3-6-13(11)17-12/h11-17H,2-10H2,1H3. The van der Waals surface area contributed by atoms with Gasteiger partial charge in [-0.15, -0.1) is 0 Å². The first-order valence-corrected chi connectivity index (χ1v) is 7.89. The Bertz CT molecular complexity index is 257. The molecule has 0 spiro atoms. The summed E-state index contributed by atoms with van der Waals surface area (Å²) in [6.07, 6.45) is 11.4. The molecule has 3 fully saturated rings. The quantitative estimate of drug-likeness (QED) is 0.803. The molecule has 0 aromatic carbocycles. The van der Waals surface area contributed by atoms with Crippen molar-refractivity contribution < 1.29 is 4.74 Å². The van der Waals surface area contributed by atoms with Gasteiger partial charge in [0.1, 0.15) is 0 Å². The predicted octanol–water partition coefficient (Wildman–Crippen LogP) is 2.06. The van der Waals surface area contributed by atoms with Gasteiger partial charge in [-0.05, 0) is 44.4 Å². The van der Waals surface area contributed by atoms with Crippen molar-refractivity contribution in [1.82, 2.24) is 10.6 Å². The maximum absolute atomic E-state index is 5.55. The molecule has 0 bridgehead atoms. The molecule has 1 heterocycles. The molecule has 3 heteroatoms. The average Bonchev–Trinajstić information content (AvgIpc) is 3.01. The molecular weight excluding hydrogens is 224 g/mol. The van der Waals surface area contributed by atoms with Crippen molar-refractivity contribution in [2.75, 3.05) is 13.7 Å². The zero-order chi connectivity index (χ0) is 12.4. The third-order valence-corrected chi connectivity index (χ3v) is 5.33. The lowest BCUT2D eigenvalue weighted by molar-refractivity contribution is 0.0845. The average molecular weight is 252 g/mol. The van der Waals surface area contributed by atoms with E-state index in [0.29, 0.717) is 18.2 Å². The van der Waals surface area contributed by atoms with Crippen molar-refractivity contribution in [1.29, 1.82) is 0 Å². The Morgan fingerprint density at radius 1 is 1.11 bits per heavy atom. The third kappa shape index (κ3) is 2.73. The molecule has 2 saturated carbocycles. The fourth-order valence-electron chi connectivity index (χ4n) is 4.32. The summed E-state index contributed by atoms with van der Waals surface area (Å²) in [7, 11) is 1.85. The highest BCUT2D eigenvalue weighted by Gasteiger charge is 2.35. The third-order valence-electron chi connectivity index (χ3n) is 5.33. The van der Waals surface area contributed by atoms with E-state index < -0.39 is 0 Å². The fraction of sp³-hybridized carbons (Fsp3) is 1.00. The molecule has 2 N–H and O–H groups in total. The molecule has 18 heavy (non-hydrogen) atoms. The highest BCUT2D eigenvalue weighted by atomic mass is 16.5. The summed E-state index contributed by atoms with van der Waals surface area (Å²) in [5.74, 6) is 0.965. The summed E-state index contributed by atoms with van der Waals surface area (Å²) in [6, 6.07) is 2.13. The van der Waals surface area contributed by atoms with Crippen LogP contribution in [0.15, 0.2) is 0 Å². The molecule has 3 aliphatic rings. The smallest absolute Gasteiger partial charge is 0.0724 e. The summed E-state index contributed by atoms with van der Waals surface area (Å²) in [5.41, 5.74) is 0. The van der Waals surface area contributed by atoms with Crippen LogP contribution in [0.2, 0.25) is 0 Å². The number of methoxy groups -OCH3 is 1. The first kappa shape index (κ1) is 12.9. The molecule has 0 radical (unpaired) electrons. The Labute approximate surface area is 111 Å². The van der Waals surface area contributed by atoms with E-state index in [1.165, 1.54) is 51.4 Å². The number of hydrogen-bond donors (Lipinski definition) is 2. The molecular formula is C15H28N2O. The van der Waals surface area contributed by atoms with E-state index in [0.717, 1.165) is 18.5 Å². The van der Waals surface area contributed by atoms with Crippen LogP contribution in [0.3, 0.4) is 0 Å². The van der Waals surface area contributed by atoms with Crippen LogP contribution in [0.25, 0.3) is 0 Å². The minimum atomic E-state index is 0.452. The monoisotopic (exact) mass is 252 g/mol. The van der Waals surface area contributed by atoms with Crippen LogP contribution >= 0.6 is 0 Å². The highest BCUT2D eigenvalue weighted by Crippen LogP contribution is 2.33. The Morgan fingerprint density at radius 2 is 2.00 bits per heavy atom. The van der Waals surface area contributed by atoms with E-state index in [9.17, 15) is 0 Å². The Balaban J connectivity index is 1.44. The Morgan fingerprint density at radius 3 is 2.83 bits per heavy atom. The lowest BCUT2D eigenvalue weighted by atomic mass is 9.85. The van der Waals surface area contributed by atoms with Crippen molar-refractivity contribution in [3.8, 4) is 0 Å². The minimum Gasteiger partial charge on any atom is -0.380 e. The second-order valence-electron chi connectivity index (χ2n) is 6.47. The first-order valence-electron chi connectivity index (χ1n) is 7.89. The predicted molar refractivity (Wildman–Crippen MR) is 73.7 cm³/mol. The van der Waals surface area contributed by atoms with Gasteiger partial charge in [-0.3, -0.25) is 0 Å². The van der Waals surface area contributed by atoms with Crippen LogP contribution in [-0.4, -0.2) is 37.9 Å². The van der Waals surface area contributed by atoms with Gasteiger partial charge in [0.15, 0.2) is 0 Å². The second-order valence-corrected chi connectivity index (χ2v) is 6.47. The van der Waals surface area contributed by atoms with Crippen LogP contribution in [0.4, 0.5) is 0 Å². The van der Waals surface area contributed by atoms with Gasteiger partial charge in [0.25, 0.3) is 0 Å². The lowest BCUT2D eigenvalue weighted by Gasteiger charge is -2.24. The number of nitrogens with one attached hydrogen (secondary N) is 2. The molecule has 104 valence electrons. The Kier molecular flexibility index (Phi) is 4.22. The number of hydrogen-bond acceptors (Lipinski definition) is 3. The largest absolute Gasteiger partial charge is 0.380 e. The van der Waals surface area contributed by atoms with Crippen molar-refractivity contribution in [3.05, 3.63) is 0 Å². The fourth-order valence-corrected chi connectivity index (χ4v) is 4.32. The molecule has 0 aromatic rings. The Hall–Kier alpha value is -0.120. The lowest BCUT2D eigenvalue weighted by Crippen LogP contribution is -2.44. The van der Waals surface area contributed by atoms with Crippen molar-refractivity contribution in [3.63, 3.8) is 0 Å². The maximum Gasteiger partial charge on any atom is 0.0724 e. The second kappa shape index (κ2) is 5.89. The summed E-state index contributed by atoms with van der Waals surface area (Å²) in [5, 5.41) is 7.59. The summed E-state index contributed by atoms with van der Waals surface area (Å²) in [4.78, 5) is 0. The molecule has 2 aliphatic carbocycles. The molecule has 5 unspecified atom stereocenters. The number of rotatable bonds is 4. The van der Waals surface area contributed by atoms with Crippen LogP contribution in [0, 0.1) is 5.92 Å². The van der Waals surface area contributed by atoms with Gasteiger partial charge in [-0.2, -0.15) is 0 Å². The van der Waals surface area contributed by atoms with Gasteiger partial charge in [0.2, 0.25) is 0 Å². The molecule has 0 aromatic heterocycles. The van der Waals surface area contributed by atoms with Crippen LogP contribution < -0.4 is 10.6 Å². The summed E-state index contributed by atoms with van der Waals surface area (Å²) >= 11 is 0. The van der Waals surface area contributed by atoms with Gasteiger partial charge in [0.05, 0.1) is 6.10 Å². The van der Waals surface area contributed by atoms with Crippen molar-refractivity contribution in [2.45, 2.75) is 75.6 Å². The molecule has 1 aliphatic heterocycles. The first-order chi connectivity index (χ1) is 8.86. The van der Waals surface area contributed by atoms with E-state index in [2.05, 4.69) is 10.6 Å². The van der Waals surface area contributed by atoms with E-state index >= 15 is 0 Å². The van der Waals surface area contributed by atoms with Crippen LogP contribution in [0.5, 0.6) is 0 Å². The van der Waals surface area contributed by atoms with E-state index in [-0.39, 0.29) is 0 Å². The minimum absolute atomic E-state index is 0.452. The molecule has 5 atom stereocenters. The summed E-state index contributed by atoms with van der Waals surface area (Å²) < 4.78 is 5.55. The zero-order valence-corrected chi connectivity index (χ0v) is 11.7. The van der Waals surface area contributed by atoms with Gasteiger partial charge in [0, 0.05) is 31.8 Å². The maximum atomic E-state index is 5.55. The highest BCUT2D eigenvalue weighted by molar-refractivity contribution is 4.95. The van der Waals surface area contributed by atoms with Crippen LogP contribution in [-0.2, 0) is 4.74 Å². The summed E-state index contributed by atoms with van der Waals surface area (Å²) in [6.45, 7) is 1.14. The van der Waals surface area contributed by atoms with Gasteiger partial charge in [-0.1, -0.05) is 12.8 Å². The van der Waals surface area contributed by atoms with Crippen molar-refractivity contribution >= 4 is 0 Å². The topological polar surface area (TPSA) is 33.3 Å². The van der Waals surface area contributed by atoms with Crippen LogP contribution in [0.1, 0.15) is 51.4 Å². The number of ether oxygens (including phenoxy) is 1. The molecule has 3 rings (SSSR count). The van der Waals surface area contributed by atoms with E-state index in [1.54, 1.807) is 0 Å². The van der Waals surface area contributed by atoms with Gasteiger partial charge in [-0.25, -0.2) is 0 Å². The van der Waals surface area contributed by atoms with E-state index in [1.807, 2.05) is 7.11 Å². The van der Waals surface area contributed by atoms with Crippen molar-refractivity contribution in [2.24, 2.45) is 5.92 Å². The molecule has 0 amide bonds. The van der Waals surface area contributed by atoms with Gasteiger partial charge < -0.3 is 15.4 Å². The molecule has 3 nitrogen and oxygen atoms in total.